The van der Waals surface area contributed by atoms with E-state index in [0.717, 1.165) is 24.7 Å². The van der Waals surface area contributed by atoms with Crippen LogP contribution in [0.15, 0.2) is 30.3 Å². The first-order valence-electron chi connectivity index (χ1n) is 6.81. The van der Waals surface area contributed by atoms with E-state index in [1.165, 1.54) is 31.2 Å². The van der Waals surface area contributed by atoms with Crippen molar-refractivity contribution < 1.29 is 0 Å². The number of nitrogens with one attached hydrogen (secondary N) is 1. The zero-order valence-corrected chi connectivity index (χ0v) is 11.8. The van der Waals surface area contributed by atoms with E-state index in [1.54, 1.807) is 0 Å². The number of halogens is 1. The molecule has 2 aliphatic rings. The molecule has 1 aromatic rings. The van der Waals surface area contributed by atoms with Gasteiger partial charge >= 0.3 is 0 Å². The fraction of sp³-hybridized carbons (Fsp3) is 0.600. The van der Waals surface area contributed by atoms with E-state index in [0.29, 0.717) is 0 Å². The monoisotopic (exact) mass is 266 g/mol. The quantitative estimate of drug-likeness (QED) is 0.905. The molecule has 18 heavy (non-hydrogen) atoms. The molecule has 2 saturated heterocycles. The molecule has 1 aromatic carbocycles. The van der Waals surface area contributed by atoms with Crippen LogP contribution >= 0.6 is 12.4 Å². The topological polar surface area (TPSA) is 15.3 Å². The highest BCUT2D eigenvalue weighted by atomic mass is 35.5. The summed E-state index contributed by atoms with van der Waals surface area (Å²) in [4.78, 5) is 2.54. The van der Waals surface area contributed by atoms with Crippen LogP contribution in [-0.2, 0) is 6.54 Å². The van der Waals surface area contributed by atoms with E-state index >= 15 is 0 Å². The molecule has 3 rings (SSSR count). The molecular weight excluding hydrogens is 244 g/mol. The normalized spacial score (nSPS) is 30.2. The number of nitrogens with zero attached hydrogens (tertiary/aromatic N) is 1. The Morgan fingerprint density at radius 1 is 1.11 bits per heavy atom. The Bertz CT molecular complexity index is 356. The zero-order chi connectivity index (χ0) is 11.7. The van der Waals surface area contributed by atoms with Crippen molar-refractivity contribution in [3.63, 3.8) is 0 Å². The van der Waals surface area contributed by atoms with Crippen molar-refractivity contribution in [2.75, 3.05) is 7.05 Å². The van der Waals surface area contributed by atoms with Crippen LogP contribution in [0.25, 0.3) is 0 Å². The lowest BCUT2D eigenvalue weighted by atomic mass is 9.98. The SMILES string of the molecule is CN(Cc1ccccc1)C1CC2CCC(C1)N2.Cl. The van der Waals surface area contributed by atoms with Gasteiger partial charge in [-0.3, -0.25) is 4.90 Å². The molecular formula is C15H23ClN2. The van der Waals surface area contributed by atoms with Crippen molar-refractivity contribution in [3.05, 3.63) is 35.9 Å². The van der Waals surface area contributed by atoms with Crippen LogP contribution in [0.3, 0.4) is 0 Å². The number of piperidine rings is 1. The Morgan fingerprint density at radius 2 is 1.72 bits per heavy atom. The average Bonchev–Trinajstić information content (AvgIpc) is 2.69. The summed E-state index contributed by atoms with van der Waals surface area (Å²) in [6, 6.07) is 13.2. The molecule has 3 heteroatoms. The number of benzene rings is 1. The van der Waals surface area contributed by atoms with Gasteiger partial charge < -0.3 is 5.32 Å². The summed E-state index contributed by atoms with van der Waals surface area (Å²) in [5.41, 5.74) is 1.43. The lowest BCUT2D eigenvalue weighted by Crippen LogP contribution is -2.46. The smallest absolute Gasteiger partial charge is 0.0233 e. The van der Waals surface area contributed by atoms with E-state index in [2.05, 4.69) is 47.6 Å². The van der Waals surface area contributed by atoms with Gasteiger partial charge in [0.2, 0.25) is 0 Å². The third-order valence-corrected chi connectivity index (χ3v) is 4.35. The standard InChI is InChI=1S/C15H22N2.ClH/c1-17(11-12-5-3-2-4-6-12)15-9-13-7-8-14(10-15)16-13;/h2-6,13-16H,7-11H2,1H3;1H. The van der Waals surface area contributed by atoms with E-state index in [1.807, 2.05) is 0 Å². The summed E-state index contributed by atoms with van der Waals surface area (Å²) in [5.74, 6) is 0. The van der Waals surface area contributed by atoms with Crippen LogP contribution in [0.2, 0.25) is 0 Å². The first kappa shape index (κ1) is 13.9. The Hall–Kier alpha value is -0.570. The molecule has 0 aromatic heterocycles. The number of fused-ring (bicyclic) bond motifs is 2. The van der Waals surface area contributed by atoms with Gasteiger partial charge in [-0.25, -0.2) is 0 Å². The van der Waals surface area contributed by atoms with Crippen molar-refractivity contribution in [1.29, 1.82) is 0 Å². The van der Waals surface area contributed by atoms with Crippen LogP contribution in [0.4, 0.5) is 0 Å². The molecule has 2 unspecified atom stereocenters. The number of hydrogen-bond acceptors (Lipinski definition) is 2. The molecule has 0 spiro atoms. The fourth-order valence-electron chi connectivity index (χ4n) is 3.39. The van der Waals surface area contributed by atoms with Crippen molar-refractivity contribution in [3.8, 4) is 0 Å². The van der Waals surface area contributed by atoms with Crippen molar-refractivity contribution in [2.24, 2.45) is 0 Å². The van der Waals surface area contributed by atoms with Crippen molar-refractivity contribution >= 4 is 12.4 Å². The Morgan fingerprint density at radius 3 is 2.33 bits per heavy atom. The van der Waals surface area contributed by atoms with Crippen molar-refractivity contribution in [1.82, 2.24) is 10.2 Å². The second kappa shape index (κ2) is 6.05. The summed E-state index contributed by atoms with van der Waals surface area (Å²) >= 11 is 0. The molecule has 0 radical (unpaired) electrons. The molecule has 2 fully saturated rings. The molecule has 0 aliphatic carbocycles. The van der Waals surface area contributed by atoms with Gasteiger partial charge in [-0.15, -0.1) is 12.4 Å². The second-order valence-corrected chi connectivity index (χ2v) is 5.66. The van der Waals surface area contributed by atoms with Gasteiger partial charge in [-0.05, 0) is 38.3 Å². The van der Waals surface area contributed by atoms with E-state index < -0.39 is 0 Å². The lowest BCUT2D eigenvalue weighted by molar-refractivity contribution is 0.166. The second-order valence-electron chi connectivity index (χ2n) is 5.66. The predicted molar refractivity (Wildman–Crippen MR) is 78.1 cm³/mol. The minimum absolute atomic E-state index is 0. The highest BCUT2D eigenvalue weighted by Gasteiger charge is 2.34. The maximum Gasteiger partial charge on any atom is 0.0233 e. The van der Waals surface area contributed by atoms with Crippen LogP contribution in [0, 0.1) is 0 Å². The summed E-state index contributed by atoms with van der Waals surface area (Å²) < 4.78 is 0. The summed E-state index contributed by atoms with van der Waals surface area (Å²) in [6.45, 7) is 1.09. The zero-order valence-electron chi connectivity index (χ0n) is 11.0. The first-order chi connectivity index (χ1) is 8.31. The van der Waals surface area contributed by atoms with Crippen LogP contribution in [-0.4, -0.2) is 30.1 Å². The van der Waals surface area contributed by atoms with Gasteiger partial charge in [0.1, 0.15) is 0 Å². The van der Waals surface area contributed by atoms with Crippen molar-refractivity contribution in [2.45, 2.75) is 50.4 Å². The van der Waals surface area contributed by atoms with E-state index in [9.17, 15) is 0 Å². The summed E-state index contributed by atoms with van der Waals surface area (Å²) in [5, 5.41) is 3.71. The van der Waals surface area contributed by atoms with Gasteiger partial charge in [0.05, 0.1) is 0 Å². The van der Waals surface area contributed by atoms with Crippen LogP contribution in [0.1, 0.15) is 31.2 Å². The average molecular weight is 267 g/mol. The molecule has 2 aliphatic heterocycles. The molecule has 2 heterocycles. The van der Waals surface area contributed by atoms with E-state index in [4.69, 9.17) is 0 Å². The maximum absolute atomic E-state index is 3.71. The molecule has 0 saturated carbocycles. The minimum Gasteiger partial charge on any atom is -0.311 e. The summed E-state index contributed by atoms with van der Waals surface area (Å²) in [7, 11) is 2.28. The Balaban J connectivity index is 0.00000120. The van der Waals surface area contributed by atoms with Gasteiger partial charge in [-0.2, -0.15) is 0 Å². The number of rotatable bonds is 3. The summed E-state index contributed by atoms with van der Waals surface area (Å²) in [6.07, 6.45) is 5.44. The van der Waals surface area contributed by atoms with Gasteiger partial charge in [0.15, 0.2) is 0 Å². The highest BCUT2D eigenvalue weighted by molar-refractivity contribution is 5.85. The molecule has 0 amide bonds. The Labute approximate surface area is 116 Å². The first-order valence-corrected chi connectivity index (χ1v) is 6.81. The molecule has 2 atom stereocenters. The highest BCUT2D eigenvalue weighted by Crippen LogP contribution is 2.29. The fourth-order valence-corrected chi connectivity index (χ4v) is 3.39. The van der Waals surface area contributed by atoms with Gasteiger partial charge in [0.25, 0.3) is 0 Å². The molecule has 2 nitrogen and oxygen atoms in total. The Kier molecular flexibility index (Phi) is 4.66. The molecule has 1 N–H and O–H groups in total. The minimum atomic E-state index is 0. The predicted octanol–water partition coefficient (Wildman–Crippen LogP) is 2.82. The molecule has 2 bridgehead atoms. The lowest BCUT2D eigenvalue weighted by Gasteiger charge is -2.35. The van der Waals surface area contributed by atoms with Gasteiger partial charge in [0, 0.05) is 24.7 Å². The van der Waals surface area contributed by atoms with Crippen LogP contribution < -0.4 is 5.32 Å². The van der Waals surface area contributed by atoms with Crippen LogP contribution in [0.5, 0.6) is 0 Å². The number of hydrogen-bond donors (Lipinski definition) is 1. The van der Waals surface area contributed by atoms with Gasteiger partial charge in [-0.1, -0.05) is 30.3 Å². The van der Waals surface area contributed by atoms with E-state index in [-0.39, 0.29) is 12.4 Å². The largest absolute Gasteiger partial charge is 0.311 e. The third-order valence-electron chi connectivity index (χ3n) is 4.35. The molecule has 100 valence electrons. The third kappa shape index (κ3) is 3.05. The maximum atomic E-state index is 3.71.